The zero-order valence-corrected chi connectivity index (χ0v) is 10.8. The maximum absolute atomic E-state index is 13.0. The van der Waals surface area contributed by atoms with Crippen LogP contribution >= 0.6 is 34.2 Å². The summed E-state index contributed by atoms with van der Waals surface area (Å²) in [5, 5.41) is 0.598. The number of imidazole rings is 1. The second-order valence-electron chi connectivity index (χ2n) is 3.89. The first kappa shape index (κ1) is 10.7. The number of hydrogen-bond donors (Lipinski definition) is 0. The third-order valence-corrected chi connectivity index (χ3v) is 4.27. The molecule has 0 unspecified atom stereocenters. The quantitative estimate of drug-likeness (QED) is 0.711. The van der Waals surface area contributed by atoms with E-state index >= 15 is 0 Å². The fourth-order valence-corrected chi connectivity index (χ4v) is 2.38. The first-order chi connectivity index (χ1) is 7.49. The first-order valence-electron chi connectivity index (χ1n) is 4.68. The van der Waals surface area contributed by atoms with E-state index in [1.54, 1.807) is 12.1 Å². The van der Waals surface area contributed by atoms with Gasteiger partial charge in [-0.05, 0) is 34.7 Å². The Hall–Kier alpha value is -0.430. The molecule has 0 spiro atoms. The first-order valence-corrected chi connectivity index (χ1v) is 6.14. The van der Waals surface area contributed by atoms with Crippen LogP contribution in [0.3, 0.4) is 0 Å². The topological polar surface area (TPSA) is 17.8 Å². The van der Waals surface area contributed by atoms with Crippen LogP contribution in [0.25, 0.3) is 11.0 Å². The summed E-state index contributed by atoms with van der Waals surface area (Å²) in [6.45, 7) is 0. The molecule has 1 fully saturated rings. The van der Waals surface area contributed by atoms with Crippen LogP contribution in [0.2, 0.25) is 5.02 Å². The van der Waals surface area contributed by atoms with E-state index < -0.39 is 12.0 Å². The van der Waals surface area contributed by atoms with Crippen molar-refractivity contribution >= 4 is 45.2 Å². The summed E-state index contributed by atoms with van der Waals surface area (Å²) in [5.41, 5.74) is 1.38. The van der Waals surface area contributed by atoms with Gasteiger partial charge in [0.25, 0.3) is 5.92 Å². The molecule has 16 heavy (non-hydrogen) atoms. The molecule has 0 radical (unpaired) electrons. The smallest absolute Gasteiger partial charge is 0.270 e. The monoisotopic (exact) mass is 354 g/mol. The lowest BCUT2D eigenvalue weighted by atomic mass is 10.3. The van der Waals surface area contributed by atoms with Crippen LogP contribution < -0.4 is 0 Å². The molecular weight excluding hydrogens is 348 g/mol. The van der Waals surface area contributed by atoms with Crippen LogP contribution in [0, 0.1) is 3.57 Å². The lowest BCUT2D eigenvalue weighted by molar-refractivity contribution is 0.101. The van der Waals surface area contributed by atoms with Crippen molar-refractivity contribution in [3.8, 4) is 0 Å². The molecule has 0 saturated heterocycles. The van der Waals surface area contributed by atoms with Crippen molar-refractivity contribution in [2.24, 2.45) is 0 Å². The number of aromatic nitrogens is 2. The van der Waals surface area contributed by atoms with E-state index in [9.17, 15) is 8.78 Å². The van der Waals surface area contributed by atoms with Gasteiger partial charge in [-0.1, -0.05) is 11.6 Å². The molecule has 0 aliphatic heterocycles. The highest BCUT2D eigenvalue weighted by atomic mass is 127. The summed E-state index contributed by atoms with van der Waals surface area (Å²) < 4.78 is 28.4. The van der Waals surface area contributed by atoms with Gasteiger partial charge in [0.2, 0.25) is 0 Å². The largest absolute Gasteiger partial charge is 0.321 e. The van der Waals surface area contributed by atoms with E-state index in [1.165, 1.54) is 10.9 Å². The summed E-state index contributed by atoms with van der Waals surface area (Å²) >= 11 is 8.02. The molecule has 0 bridgehead atoms. The Morgan fingerprint density at radius 2 is 2.19 bits per heavy atom. The third kappa shape index (κ3) is 1.52. The SMILES string of the molecule is FC1(F)C[C@@H]1n1cnc2cc(Cl)c(I)cc21. The van der Waals surface area contributed by atoms with Gasteiger partial charge in [0.05, 0.1) is 22.4 Å². The second kappa shape index (κ2) is 3.29. The molecule has 1 atom stereocenters. The van der Waals surface area contributed by atoms with Crippen LogP contribution in [0.5, 0.6) is 0 Å². The Morgan fingerprint density at radius 1 is 1.50 bits per heavy atom. The predicted molar refractivity (Wildman–Crippen MR) is 66.1 cm³/mol. The average molecular weight is 355 g/mol. The maximum Gasteiger partial charge on any atom is 0.270 e. The van der Waals surface area contributed by atoms with Crippen LogP contribution in [0.4, 0.5) is 8.78 Å². The number of fused-ring (bicyclic) bond motifs is 1. The van der Waals surface area contributed by atoms with Gasteiger partial charge in [-0.15, -0.1) is 0 Å². The number of benzene rings is 1. The minimum Gasteiger partial charge on any atom is -0.321 e. The molecule has 2 aromatic rings. The maximum atomic E-state index is 13.0. The lowest BCUT2D eigenvalue weighted by Gasteiger charge is -2.03. The molecule has 1 saturated carbocycles. The molecule has 1 aromatic carbocycles. The van der Waals surface area contributed by atoms with Crippen molar-refractivity contribution in [1.82, 2.24) is 9.55 Å². The summed E-state index contributed by atoms with van der Waals surface area (Å²) in [6, 6.07) is 2.75. The predicted octanol–water partition coefficient (Wildman–Crippen LogP) is 3.87. The minimum absolute atomic E-state index is 0.0995. The zero-order chi connectivity index (χ0) is 11.5. The minimum atomic E-state index is -2.58. The number of hydrogen-bond acceptors (Lipinski definition) is 1. The fraction of sp³-hybridized carbons (Fsp3) is 0.300. The van der Waals surface area contributed by atoms with Crippen molar-refractivity contribution in [2.75, 3.05) is 0 Å². The number of nitrogens with zero attached hydrogens (tertiary/aromatic N) is 2. The highest BCUT2D eigenvalue weighted by Crippen LogP contribution is 2.53. The third-order valence-electron chi connectivity index (χ3n) is 2.75. The second-order valence-corrected chi connectivity index (χ2v) is 5.46. The number of halogens is 4. The summed E-state index contributed by atoms with van der Waals surface area (Å²) in [4.78, 5) is 4.09. The van der Waals surface area contributed by atoms with Crippen LogP contribution in [-0.4, -0.2) is 15.5 Å². The summed E-state index contributed by atoms with van der Waals surface area (Å²) in [7, 11) is 0. The molecule has 0 amide bonds. The van der Waals surface area contributed by atoms with Crippen molar-refractivity contribution < 1.29 is 8.78 Å². The van der Waals surface area contributed by atoms with Crippen molar-refractivity contribution in [3.05, 3.63) is 27.1 Å². The van der Waals surface area contributed by atoms with Gasteiger partial charge in [-0.25, -0.2) is 13.8 Å². The van der Waals surface area contributed by atoms with E-state index in [0.29, 0.717) is 10.5 Å². The van der Waals surface area contributed by atoms with E-state index in [4.69, 9.17) is 11.6 Å². The summed E-state index contributed by atoms with van der Waals surface area (Å²) in [6.07, 6.45) is 1.36. The molecule has 3 rings (SSSR count). The van der Waals surface area contributed by atoms with Crippen LogP contribution in [-0.2, 0) is 0 Å². The van der Waals surface area contributed by atoms with Gasteiger partial charge < -0.3 is 4.57 Å². The van der Waals surface area contributed by atoms with E-state index in [2.05, 4.69) is 27.6 Å². The molecule has 1 aliphatic carbocycles. The standard InChI is InChI=1S/C10H6ClF2IN2/c11-5-1-7-8(2-6(5)14)16(4-15-7)9-3-10(9,12)13/h1-2,4,9H,3H2/t9-/m0/s1. The average Bonchev–Trinajstić information content (AvgIpc) is 2.66. The number of rotatable bonds is 1. The van der Waals surface area contributed by atoms with Gasteiger partial charge in [0.1, 0.15) is 6.04 Å². The molecule has 2 nitrogen and oxygen atoms in total. The highest BCUT2D eigenvalue weighted by molar-refractivity contribution is 14.1. The van der Waals surface area contributed by atoms with Gasteiger partial charge in [-0.2, -0.15) is 0 Å². The Labute approximate surface area is 109 Å². The van der Waals surface area contributed by atoms with Crippen molar-refractivity contribution in [1.29, 1.82) is 0 Å². The summed E-state index contributed by atoms with van der Waals surface area (Å²) in [5.74, 6) is -2.58. The molecule has 1 aliphatic rings. The Bertz CT molecular complexity index is 581. The van der Waals surface area contributed by atoms with E-state index in [-0.39, 0.29) is 6.42 Å². The zero-order valence-electron chi connectivity index (χ0n) is 7.92. The van der Waals surface area contributed by atoms with Gasteiger partial charge in [0.15, 0.2) is 0 Å². The number of alkyl halides is 2. The Morgan fingerprint density at radius 3 is 2.81 bits per heavy atom. The normalized spacial score (nSPS) is 22.6. The van der Waals surface area contributed by atoms with E-state index in [1.807, 2.05) is 0 Å². The Balaban J connectivity index is 2.17. The van der Waals surface area contributed by atoms with Crippen molar-refractivity contribution in [2.45, 2.75) is 18.4 Å². The molecule has 1 heterocycles. The highest BCUT2D eigenvalue weighted by Gasteiger charge is 2.58. The molecule has 0 N–H and O–H groups in total. The van der Waals surface area contributed by atoms with Crippen molar-refractivity contribution in [3.63, 3.8) is 0 Å². The van der Waals surface area contributed by atoms with Crippen LogP contribution in [0.15, 0.2) is 18.5 Å². The van der Waals surface area contributed by atoms with Crippen LogP contribution in [0.1, 0.15) is 12.5 Å². The molecular formula is C10H6ClF2IN2. The fourth-order valence-electron chi connectivity index (χ4n) is 1.77. The van der Waals surface area contributed by atoms with E-state index in [0.717, 1.165) is 9.09 Å². The molecule has 84 valence electrons. The van der Waals surface area contributed by atoms with Gasteiger partial charge >= 0.3 is 0 Å². The van der Waals surface area contributed by atoms with Gasteiger partial charge in [-0.3, -0.25) is 0 Å². The lowest BCUT2D eigenvalue weighted by Crippen LogP contribution is -2.00. The molecule has 1 aromatic heterocycles. The Kier molecular flexibility index (Phi) is 2.20. The molecule has 6 heteroatoms. The van der Waals surface area contributed by atoms with Gasteiger partial charge in [0, 0.05) is 9.99 Å².